The first-order chi connectivity index (χ1) is 15.0. The Kier molecular flexibility index (Phi) is 6.88. The molecule has 1 atom stereocenters. The zero-order valence-electron chi connectivity index (χ0n) is 19.3. The second kappa shape index (κ2) is 9.28. The van der Waals surface area contributed by atoms with Crippen LogP contribution < -0.4 is 23.8 Å². The van der Waals surface area contributed by atoms with Gasteiger partial charge in [0, 0.05) is 6.07 Å². The first kappa shape index (κ1) is 23.7. The van der Waals surface area contributed by atoms with Gasteiger partial charge < -0.3 is 19.5 Å². The summed E-state index contributed by atoms with van der Waals surface area (Å²) < 4.78 is 42.0. The Labute approximate surface area is 189 Å². The van der Waals surface area contributed by atoms with Crippen molar-refractivity contribution in [2.24, 2.45) is 0 Å². The van der Waals surface area contributed by atoms with E-state index in [1.165, 1.54) is 0 Å². The molecule has 3 rings (SSSR count). The number of carbonyl (C=O) groups is 1. The molecule has 1 N–H and O–H groups in total. The smallest absolute Gasteiger partial charge is 0.241 e. The third-order valence-electron chi connectivity index (χ3n) is 5.42. The molecule has 1 aliphatic heterocycles. The van der Waals surface area contributed by atoms with Gasteiger partial charge in [-0.25, -0.2) is 8.42 Å². The Morgan fingerprint density at radius 3 is 2.44 bits per heavy atom. The van der Waals surface area contributed by atoms with Gasteiger partial charge in [-0.2, -0.15) is 0 Å². The van der Waals surface area contributed by atoms with Gasteiger partial charge >= 0.3 is 0 Å². The molecule has 1 amide bonds. The molecule has 0 aliphatic carbocycles. The fraction of sp³-hybridized carbons (Fsp3) is 0.435. The largest absolute Gasteiger partial charge is 0.496 e. The van der Waals surface area contributed by atoms with Crippen molar-refractivity contribution in [3.05, 3.63) is 47.0 Å². The summed E-state index contributed by atoms with van der Waals surface area (Å²) in [6, 6.07) is 8.46. The lowest BCUT2D eigenvalue weighted by molar-refractivity contribution is -0.120. The van der Waals surface area contributed by atoms with Crippen LogP contribution in [-0.4, -0.2) is 41.0 Å². The molecule has 9 heteroatoms. The molecule has 32 heavy (non-hydrogen) atoms. The number of methoxy groups -OCH3 is 1. The van der Waals surface area contributed by atoms with E-state index in [1.54, 1.807) is 25.3 Å². The monoisotopic (exact) mass is 462 g/mol. The molecule has 174 valence electrons. The third-order valence-corrected chi connectivity index (χ3v) is 6.56. The lowest BCUT2D eigenvalue weighted by atomic mass is 9.93. The molecule has 2 aromatic carbocycles. The van der Waals surface area contributed by atoms with E-state index in [0.717, 1.165) is 33.0 Å². The topological polar surface area (TPSA) is 94.2 Å². The van der Waals surface area contributed by atoms with Crippen molar-refractivity contribution in [1.29, 1.82) is 0 Å². The maximum atomic E-state index is 12.8. The summed E-state index contributed by atoms with van der Waals surface area (Å²) in [5.74, 6) is 1.63. The minimum atomic E-state index is -3.71. The number of rotatable bonds is 8. The van der Waals surface area contributed by atoms with E-state index in [2.05, 4.69) is 19.2 Å². The SMILES string of the molecule is COc1cc(C)c([C@@H](C)NC(=O)CN(c2ccc3c(c2)OCO3)S(C)(=O)=O)cc1C(C)C. The Morgan fingerprint density at radius 1 is 1.12 bits per heavy atom. The van der Waals surface area contributed by atoms with Crippen LogP contribution in [0.25, 0.3) is 0 Å². The number of sulfonamides is 1. The number of nitrogens with zero attached hydrogens (tertiary/aromatic N) is 1. The van der Waals surface area contributed by atoms with Gasteiger partial charge in [-0.3, -0.25) is 9.10 Å². The van der Waals surface area contributed by atoms with Crippen LogP contribution in [0, 0.1) is 6.92 Å². The minimum absolute atomic E-state index is 0.0786. The fourth-order valence-electron chi connectivity index (χ4n) is 3.75. The minimum Gasteiger partial charge on any atom is -0.496 e. The quantitative estimate of drug-likeness (QED) is 0.645. The zero-order valence-corrected chi connectivity index (χ0v) is 20.1. The van der Waals surface area contributed by atoms with E-state index in [4.69, 9.17) is 14.2 Å². The van der Waals surface area contributed by atoms with E-state index >= 15 is 0 Å². The molecular formula is C23H30N2O6S. The first-order valence-corrected chi connectivity index (χ1v) is 12.2. The predicted octanol–water partition coefficient (Wildman–Crippen LogP) is 3.50. The number of ether oxygens (including phenoxy) is 3. The zero-order chi connectivity index (χ0) is 23.6. The van der Waals surface area contributed by atoms with Crippen molar-refractivity contribution in [1.82, 2.24) is 5.32 Å². The van der Waals surface area contributed by atoms with Gasteiger partial charge in [0.1, 0.15) is 12.3 Å². The van der Waals surface area contributed by atoms with Crippen LogP contribution in [0.3, 0.4) is 0 Å². The molecule has 0 radical (unpaired) electrons. The highest BCUT2D eigenvalue weighted by atomic mass is 32.2. The number of anilines is 1. The van der Waals surface area contributed by atoms with Crippen molar-refractivity contribution >= 4 is 21.6 Å². The van der Waals surface area contributed by atoms with Gasteiger partial charge in [0.25, 0.3) is 0 Å². The number of amides is 1. The van der Waals surface area contributed by atoms with Crippen LogP contribution in [0.5, 0.6) is 17.2 Å². The molecule has 0 spiro atoms. The highest BCUT2D eigenvalue weighted by Crippen LogP contribution is 2.36. The molecule has 0 saturated carbocycles. The Bertz CT molecular complexity index is 1110. The maximum absolute atomic E-state index is 12.8. The number of nitrogens with one attached hydrogen (secondary N) is 1. The molecule has 2 aromatic rings. The summed E-state index contributed by atoms with van der Waals surface area (Å²) in [7, 11) is -2.07. The highest BCUT2D eigenvalue weighted by Gasteiger charge is 2.25. The van der Waals surface area contributed by atoms with Crippen LogP contribution in [0.2, 0.25) is 0 Å². The Hall–Kier alpha value is -2.94. The van der Waals surface area contributed by atoms with E-state index in [0.29, 0.717) is 17.2 Å². The summed E-state index contributed by atoms with van der Waals surface area (Å²) in [4.78, 5) is 12.8. The molecule has 0 aromatic heterocycles. The molecular weight excluding hydrogens is 432 g/mol. The van der Waals surface area contributed by atoms with Crippen molar-refractivity contribution in [2.45, 2.75) is 39.7 Å². The van der Waals surface area contributed by atoms with Gasteiger partial charge in [0.15, 0.2) is 11.5 Å². The van der Waals surface area contributed by atoms with Crippen LogP contribution in [0.15, 0.2) is 30.3 Å². The van der Waals surface area contributed by atoms with Crippen molar-refractivity contribution in [3.63, 3.8) is 0 Å². The average molecular weight is 463 g/mol. The molecule has 0 unspecified atom stereocenters. The molecule has 8 nitrogen and oxygen atoms in total. The normalized spacial score (nSPS) is 13.7. The summed E-state index contributed by atoms with van der Waals surface area (Å²) in [6.07, 6.45) is 1.07. The average Bonchev–Trinajstić information content (AvgIpc) is 3.18. The van der Waals surface area contributed by atoms with Crippen LogP contribution in [0.1, 0.15) is 49.4 Å². The standard InChI is InChI=1S/C23H30N2O6S/c1-14(2)18-11-19(15(3)9-21(18)29-5)16(4)24-23(26)12-25(32(6,27)28)17-7-8-20-22(10-17)31-13-30-20/h7-11,14,16H,12-13H2,1-6H3,(H,24,26)/t16-/m1/s1. The number of hydrogen-bond acceptors (Lipinski definition) is 6. The van der Waals surface area contributed by atoms with Gasteiger partial charge in [-0.15, -0.1) is 0 Å². The van der Waals surface area contributed by atoms with Crippen LogP contribution in [0.4, 0.5) is 5.69 Å². The summed E-state index contributed by atoms with van der Waals surface area (Å²) in [5.41, 5.74) is 3.32. The Morgan fingerprint density at radius 2 is 1.81 bits per heavy atom. The molecule has 0 saturated heterocycles. The highest BCUT2D eigenvalue weighted by molar-refractivity contribution is 7.92. The number of fused-ring (bicyclic) bond motifs is 1. The summed E-state index contributed by atoms with van der Waals surface area (Å²) in [5, 5.41) is 2.92. The summed E-state index contributed by atoms with van der Waals surface area (Å²) in [6.45, 7) is 7.72. The van der Waals surface area contributed by atoms with E-state index < -0.39 is 15.9 Å². The molecule has 0 fully saturated rings. The van der Waals surface area contributed by atoms with Gasteiger partial charge in [-0.05, 0) is 60.7 Å². The predicted molar refractivity (Wildman–Crippen MR) is 123 cm³/mol. The number of aryl methyl sites for hydroxylation is 1. The van der Waals surface area contributed by atoms with Gasteiger partial charge in [0.2, 0.25) is 22.7 Å². The van der Waals surface area contributed by atoms with Crippen LogP contribution in [-0.2, 0) is 14.8 Å². The number of hydrogen-bond donors (Lipinski definition) is 1. The third kappa shape index (κ3) is 5.09. The second-order valence-corrected chi connectivity index (χ2v) is 10.1. The Balaban J connectivity index is 1.80. The lowest BCUT2D eigenvalue weighted by Crippen LogP contribution is -2.41. The van der Waals surface area contributed by atoms with Gasteiger partial charge in [0.05, 0.1) is 25.1 Å². The molecule has 1 heterocycles. The summed E-state index contributed by atoms with van der Waals surface area (Å²) >= 11 is 0. The van der Waals surface area contributed by atoms with E-state index in [-0.39, 0.29) is 25.3 Å². The van der Waals surface area contributed by atoms with Crippen molar-refractivity contribution < 1.29 is 27.4 Å². The van der Waals surface area contributed by atoms with Crippen LogP contribution >= 0.6 is 0 Å². The second-order valence-electron chi connectivity index (χ2n) is 8.20. The maximum Gasteiger partial charge on any atom is 0.241 e. The van der Waals surface area contributed by atoms with E-state index in [1.807, 2.05) is 26.0 Å². The van der Waals surface area contributed by atoms with E-state index in [9.17, 15) is 13.2 Å². The number of benzene rings is 2. The van der Waals surface area contributed by atoms with Crippen molar-refractivity contribution in [2.75, 3.05) is 31.0 Å². The first-order valence-electron chi connectivity index (χ1n) is 10.4. The number of carbonyl (C=O) groups excluding carboxylic acids is 1. The molecule has 0 bridgehead atoms. The van der Waals surface area contributed by atoms with Gasteiger partial charge in [-0.1, -0.05) is 13.8 Å². The van der Waals surface area contributed by atoms with Crippen molar-refractivity contribution in [3.8, 4) is 17.2 Å². The molecule has 1 aliphatic rings. The lowest BCUT2D eigenvalue weighted by Gasteiger charge is -2.24. The fourth-order valence-corrected chi connectivity index (χ4v) is 4.59.